The maximum atomic E-state index is 6.29. The third-order valence-corrected chi connectivity index (χ3v) is 3.69. The zero-order valence-corrected chi connectivity index (χ0v) is 12.4. The first-order chi connectivity index (χ1) is 9.66. The van der Waals surface area contributed by atoms with Gasteiger partial charge in [-0.1, -0.05) is 12.1 Å². The van der Waals surface area contributed by atoms with Crippen LogP contribution in [0.3, 0.4) is 0 Å². The number of halogens is 1. The van der Waals surface area contributed by atoms with Crippen LogP contribution in [-0.2, 0) is 13.1 Å². The van der Waals surface area contributed by atoms with E-state index in [-0.39, 0.29) is 5.38 Å². The maximum Gasteiger partial charge on any atom is 0.127 e. The van der Waals surface area contributed by atoms with Crippen LogP contribution in [0.5, 0.6) is 0 Å². The van der Waals surface area contributed by atoms with Crippen LogP contribution < -0.4 is 0 Å². The lowest BCUT2D eigenvalue weighted by Crippen LogP contribution is -2.10. The lowest BCUT2D eigenvalue weighted by atomic mass is 10.2. The molecule has 0 fully saturated rings. The summed E-state index contributed by atoms with van der Waals surface area (Å²) >= 11 is 6.29. The smallest absolute Gasteiger partial charge is 0.127 e. The molecule has 0 aliphatic rings. The molecular weight excluding hydrogens is 272 g/mol. The summed E-state index contributed by atoms with van der Waals surface area (Å²) in [6, 6.07) is 6.19. The number of imidazole rings is 2. The van der Waals surface area contributed by atoms with E-state index in [1.54, 1.807) is 6.20 Å². The Morgan fingerprint density at radius 2 is 2.15 bits per heavy atom. The van der Waals surface area contributed by atoms with Gasteiger partial charge in [-0.15, -0.1) is 11.6 Å². The molecule has 2 heterocycles. The minimum atomic E-state index is -0.107. The Hall–Kier alpha value is -1.81. The molecule has 0 bridgehead atoms. The maximum absolute atomic E-state index is 6.29. The fourth-order valence-electron chi connectivity index (χ4n) is 2.55. The summed E-state index contributed by atoms with van der Waals surface area (Å²) in [6.07, 6.45) is 5.59. The van der Waals surface area contributed by atoms with Crippen molar-refractivity contribution in [2.45, 2.75) is 32.3 Å². The lowest BCUT2D eigenvalue weighted by molar-refractivity contribution is 0.569. The molecule has 0 saturated heterocycles. The predicted octanol–water partition coefficient (Wildman–Crippen LogP) is 3.54. The number of hydrogen-bond acceptors (Lipinski definition) is 2. The Labute approximate surface area is 123 Å². The van der Waals surface area contributed by atoms with E-state index in [1.807, 2.05) is 31.6 Å². The van der Waals surface area contributed by atoms with E-state index < -0.39 is 0 Å². The molecule has 0 aliphatic heterocycles. The van der Waals surface area contributed by atoms with E-state index in [0.717, 1.165) is 24.4 Å². The highest BCUT2D eigenvalue weighted by Crippen LogP contribution is 2.26. The molecule has 3 aromatic rings. The van der Waals surface area contributed by atoms with Crippen molar-refractivity contribution in [3.8, 4) is 0 Å². The minimum absolute atomic E-state index is 0.107. The number of benzene rings is 1. The number of hydrogen-bond donors (Lipinski definition) is 0. The van der Waals surface area contributed by atoms with Crippen molar-refractivity contribution in [3.63, 3.8) is 0 Å². The highest BCUT2D eigenvalue weighted by molar-refractivity contribution is 6.20. The number of nitrogens with zero attached hydrogens (tertiary/aromatic N) is 4. The first-order valence-electron chi connectivity index (χ1n) is 6.72. The third kappa shape index (κ3) is 2.31. The molecule has 1 unspecified atom stereocenters. The number of fused-ring (bicyclic) bond motifs is 1. The van der Waals surface area contributed by atoms with Gasteiger partial charge in [0.15, 0.2) is 0 Å². The van der Waals surface area contributed by atoms with Crippen LogP contribution in [0.1, 0.15) is 23.7 Å². The molecule has 1 aromatic carbocycles. The Kier molecular flexibility index (Phi) is 3.49. The molecule has 104 valence electrons. The summed E-state index contributed by atoms with van der Waals surface area (Å²) in [5, 5.41) is -0.107. The normalized spacial score (nSPS) is 12.9. The van der Waals surface area contributed by atoms with Crippen LogP contribution >= 0.6 is 11.6 Å². The highest BCUT2D eigenvalue weighted by Gasteiger charge is 2.15. The van der Waals surface area contributed by atoms with E-state index >= 15 is 0 Å². The Balaban J connectivity index is 2.04. The van der Waals surface area contributed by atoms with Gasteiger partial charge in [-0.05, 0) is 25.5 Å². The quantitative estimate of drug-likeness (QED) is 0.688. The van der Waals surface area contributed by atoms with E-state index in [2.05, 4.69) is 32.1 Å². The second-order valence-electron chi connectivity index (χ2n) is 4.98. The van der Waals surface area contributed by atoms with E-state index in [0.29, 0.717) is 0 Å². The summed E-state index contributed by atoms with van der Waals surface area (Å²) in [6.45, 7) is 5.77. The van der Waals surface area contributed by atoms with Crippen LogP contribution in [0, 0.1) is 6.92 Å². The molecular formula is C15H17ClN4. The minimum Gasteiger partial charge on any atom is -0.336 e. The first-order valence-corrected chi connectivity index (χ1v) is 7.16. The van der Waals surface area contributed by atoms with Crippen molar-refractivity contribution in [2.75, 3.05) is 0 Å². The van der Waals surface area contributed by atoms with Crippen LogP contribution in [0.15, 0.2) is 36.9 Å². The third-order valence-electron chi connectivity index (χ3n) is 3.49. The number of alkyl halides is 1. The van der Waals surface area contributed by atoms with E-state index in [1.165, 1.54) is 11.1 Å². The second-order valence-corrected chi connectivity index (χ2v) is 5.64. The molecule has 20 heavy (non-hydrogen) atoms. The molecule has 0 spiro atoms. The van der Waals surface area contributed by atoms with Gasteiger partial charge in [0.05, 0.1) is 22.7 Å². The van der Waals surface area contributed by atoms with Crippen LogP contribution in [-0.4, -0.2) is 19.1 Å². The van der Waals surface area contributed by atoms with Gasteiger partial charge in [0.2, 0.25) is 0 Å². The summed E-state index contributed by atoms with van der Waals surface area (Å²) < 4.78 is 4.29. The fourth-order valence-corrected chi connectivity index (χ4v) is 2.71. The van der Waals surface area contributed by atoms with Gasteiger partial charge >= 0.3 is 0 Å². The van der Waals surface area contributed by atoms with Gasteiger partial charge in [0, 0.05) is 25.5 Å². The fraction of sp³-hybridized carbons (Fsp3) is 0.333. The average Bonchev–Trinajstić information content (AvgIpc) is 3.03. The van der Waals surface area contributed by atoms with Gasteiger partial charge in [-0.2, -0.15) is 0 Å². The standard InChI is InChI=1S/C15H17ClN4/c1-11-4-3-5-13-14(11)20(15(18-13)12(2)16)9-8-19-7-6-17-10-19/h3-7,10,12H,8-9H2,1-2H3. The second kappa shape index (κ2) is 5.29. The Morgan fingerprint density at radius 1 is 1.30 bits per heavy atom. The molecule has 0 saturated carbocycles. The molecule has 4 nitrogen and oxygen atoms in total. The lowest BCUT2D eigenvalue weighted by Gasteiger charge is -2.12. The Morgan fingerprint density at radius 3 is 2.85 bits per heavy atom. The molecule has 0 radical (unpaired) electrons. The largest absolute Gasteiger partial charge is 0.336 e. The predicted molar refractivity (Wildman–Crippen MR) is 81.0 cm³/mol. The molecule has 5 heteroatoms. The van der Waals surface area contributed by atoms with E-state index in [9.17, 15) is 0 Å². The zero-order chi connectivity index (χ0) is 14.1. The van der Waals surface area contributed by atoms with Crippen LogP contribution in [0.4, 0.5) is 0 Å². The number of aryl methyl sites for hydroxylation is 3. The van der Waals surface area contributed by atoms with Gasteiger partial charge in [-0.25, -0.2) is 9.97 Å². The first kappa shape index (κ1) is 13.2. The molecule has 1 atom stereocenters. The summed E-state index contributed by atoms with van der Waals surface area (Å²) in [5.41, 5.74) is 3.41. The molecule has 2 aromatic heterocycles. The molecule has 3 rings (SSSR count). The molecule has 0 amide bonds. The SMILES string of the molecule is Cc1cccc2nc(C(C)Cl)n(CCn3ccnc3)c12. The molecule has 0 aliphatic carbocycles. The summed E-state index contributed by atoms with van der Waals surface area (Å²) in [5.74, 6) is 0.927. The average molecular weight is 289 g/mol. The van der Waals surface area contributed by atoms with Crippen molar-refractivity contribution >= 4 is 22.6 Å². The van der Waals surface area contributed by atoms with Crippen molar-refractivity contribution in [3.05, 3.63) is 48.3 Å². The van der Waals surface area contributed by atoms with Crippen molar-refractivity contribution in [2.24, 2.45) is 0 Å². The van der Waals surface area contributed by atoms with Crippen molar-refractivity contribution in [1.29, 1.82) is 0 Å². The van der Waals surface area contributed by atoms with Crippen molar-refractivity contribution in [1.82, 2.24) is 19.1 Å². The zero-order valence-electron chi connectivity index (χ0n) is 11.6. The Bertz CT molecular complexity index is 713. The summed E-state index contributed by atoms with van der Waals surface area (Å²) in [4.78, 5) is 8.75. The van der Waals surface area contributed by atoms with Gasteiger partial charge in [0.25, 0.3) is 0 Å². The number of para-hydroxylation sites is 1. The monoisotopic (exact) mass is 288 g/mol. The molecule has 0 N–H and O–H groups in total. The summed E-state index contributed by atoms with van der Waals surface area (Å²) in [7, 11) is 0. The topological polar surface area (TPSA) is 35.6 Å². The van der Waals surface area contributed by atoms with E-state index in [4.69, 9.17) is 11.6 Å². The van der Waals surface area contributed by atoms with Crippen molar-refractivity contribution < 1.29 is 0 Å². The highest BCUT2D eigenvalue weighted by atomic mass is 35.5. The number of aromatic nitrogens is 4. The van der Waals surface area contributed by atoms with Gasteiger partial charge in [0.1, 0.15) is 5.82 Å². The van der Waals surface area contributed by atoms with Gasteiger partial charge < -0.3 is 9.13 Å². The van der Waals surface area contributed by atoms with Crippen LogP contribution in [0.25, 0.3) is 11.0 Å². The van der Waals surface area contributed by atoms with Crippen LogP contribution in [0.2, 0.25) is 0 Å². The van der Waals surface area contributed by atoms with Gasteiger partial charge in [-0.3, -0.25) is 0 Å². The number of rotatable bonds is 4.